The largest absolute Gasteiger partial charge is 0.450 e. The fourth-order valence-electron chi connectivity index (χ4n) is 2.25. The van der Waals surface area contributed by atoms with E-state index in [0.717, 1.165) is 18.6 Å². The molecule has 0 aliphatic rings. The van der Waals surface area contributed by atoms with E-state index in [9.17, 15) is 0 Å². The lowest BCUT2D eigenvalue weighted by molar-refractivity contribution is 0.511. The highest BCUT2D eigenvalue weighted by atomic mass is 31.1. The summed E-state index contributed by atoms with van der Waals surface area (Å²) in [5.41, 5.74) is 4.09. The monoisotopic (exact) mass is 268 g/mol. The minimum atomic E-state index is -0.472. The fourth-order valence-corrected chi connectivity index (χ4v) is 2.57. The second-order valence-corrected chi connectivity index (χ2v) is 5.11. The summed E-state index contributed by atoms with van der Waals surface area (Å²) in [7, 11) is -0.472. The van der Waals surface area contributed by atoms with Crippen LogP contribution in [-0.2, 0) is 12.8 Å². The van der Waals surface area contributed by atoms with Gasteiger partial charge in [-0.2, -0.15) is 0 Å². The smallest absolute Gasteiger partial charge is 0.212 e. The van der Waals surface area contributed by atoms with Gasteiger partial charge in [0, 0.05) is 0 Å². The summed E-state index contributed by atoms with van der Waals surface area (Å²) >= 11 is 0. The van der Waals surface area contributed by atoms with Crippen molar-refractivity contribution in [1.29, 1.82) is 0 Å². The van der Waals surface area contributed by atoms with Crippen LogP contribution in [0.1, 0.15) is 56.2 Å². The Labute approximate surface area is 113 Å². The van der Waals surface area contributed by atoms with Crippen LogP contribution in [0.2, 0.25) is 0 Å². The van der Waals surface area contributed by atoms with Gasteiger partial charge in [0.1, 0.15) is 5.75 Å². The quantitative estimate of drug-likeness (QED) is 0.700. The fraction of sp³-hybridized carbons (Fsp3) is 0.600. The molecule has 0 aromatic heterocycles. The molecular formula is C15H25O2P. The molecule has 0 aliphatic heterocycles. The van der Waals surface area contributed by atoms with Crippen LogP contribution >= 0.6 is 9.03 Å². The first-order valence-electron chi connectivity index (χ1n) is 6.91. The molecule has 1 rings (SSSR count). The van der Waals surface area contributed by atoms with E-state index >= 15 is 0 Å². The van der Waals surface area contributed by atoms with Gasteiger partial charge in [0.05, 0.1) is 0 Å². The number of unbranched alkanes of at least 4 members (excludes halogenated alkanes) is 2. The van der Waals surface area contributed by atoms with Crippen LogP contribution in [0.5, 0.6) is 5.75 Å². The maximum Gasteiger partial charge on any atom is 0.212 e. The van der Waals surface area contributed by atoms with Crippen molar-refractivity contribution in [2.75, 3.05) is 0 Å². The van der Waals surface area contributed by atoms with Gasteiger partial charge in [-0.1, -0.05) is 32.8 Å². The highest BCUT2D eigenvalue weighted by Crippen LogP contribution is 2.30. The molecule has 0 saturated carbocycles. The summed E-state index contributed by atoms with van der Waals surface area (Å²) in [6, 6.07) is 4.17. The zero-order chi connectivity index (χ0) is 13.4. The topological polar surface area (TPSA) is 29.5 Å². The second kappa shape index (κ2) is 8.50. The van der Waals surface area contributed by atoms with Crippen molar-refractivity contribution >= 4 is 9.03 Å². The van der Waals surface area contributed by atoms with Gasteiger partial charge in [-0.15, -0.1) is 0 Å². The number of benzene rings is 1. The Kier molecular flexibility index (Phi) is 7.31. The van der Waals surface area contributed by atoms with E-state index < -0.39 is 9.03 Å². The molecule has 0 saturated heterocycles. The molecule has 2 nitrogen and oxygen atoms in total. The van der Waals surface area contributed by atoms with E-state index in [2.05, 4.69) is 26.8 Å². The molecular weight excluding hydrogens is 243 g/mol. The van der Waals surface area contributed by atoms with Crippen LogP contribution in [0.4, 0.5) is 0 Å². The van der Waals surface area contributed by atoms with E-state index in [0.29, 0.717) is 0 Å². The van der Waals surface area contributed by atoms with E-state index in [1.165, 1.54) is 42.4 Å². The highest BCUT2D eigenvalue weighted by molar-refractivity contribution is 7.25. The van der Waals surface area contributed by atoms with Crippen LogP contribution in [0, 0.1) is 6.92 Å². The first-order valence-corrected chi connectivity index (χ1v) is 7.77. The lowest BCUT2D eigenvalue weighted by Crippen LogP contribution is -2.00. The molecule has 0 bridgehead atoms. The zero-order valence-electron chi connectivity index (χ0n) is 11.8. The van der Waals surface area contributed by atoms with Gasteiger partial charge in [0.2, 0.25) is 9.03 Å². The standard InChI is InChI=1S/C15H25O2P/c1-4-6-8-13-10-11-15(17-18-16)12(3)14(13)9-7-5-2/h10-11,16,18H,4-9H2,1-3H3. The van der Waals surface area contributed by atoms with Gasteiger partial charge < -0.3 is 9.42 Å². The Morgan fingerprint density at radius 1 is 1.11 bits per heavy atom. The minimum Gasteiger partial charge on any atom is -0.450 e. The summed E-state index contributed by atoms with van der Waals surface area (Å²) in [4.78, 5) is 8.93. The van der Waals surface area contributed by atoms with Crippen LogP contribution in [0.25, 0.3) is 0 Å². The Morgan fingerprint density at radius 3 is 2.39 bits per heavy atom. The Hall–Kier alpha value is -0.590. The predicted molar refractivity (Wildman–Crippen MR) is 79.6 cm³/mol. The molecule has 0 fully saturated rings. The molecule has 0 spiro atoms. The first-order chi connectivity index (χ1) is 8.74. The Balaban J connectivity index is 2.97. The number of aryl methyl sites for hydroxylation is 1. The van der Waals surface area contributed by atoms with E-state index in [1.54, 1.807) is 0 Å². The molecule has 1 N–H and O–H groups in total. The van der Waals surface area contributed by atoms with E-state index in [1.807, 2.05) is 6.07 Å². The third-order valence-corrected chi connectivity index (χ3v) is 3.69. The van der Waals surface area contributed by atoms with Crippen molar-refractivity contribution in [2.24, 2.45) is 0 Å². The van der Waals surface area contributed by atoms with E-state index in [-0.39, 0.29) is 0 Å². The molecule has 1 aromatic carbocycles. The second-order valence-electron chi connectivity index (χ2n) is 4.73. The summed E-state index contributed by atoms with van der Waals surface area (Å²) in [5.74, 6) is 0.835. The average molecular weight is 268 g/mol. The van der Waals surface area contributed by atoms with Gasteiger partial charge in [-0.3, -0.25) is 0 Å². The number of hydrogen-bond acceptors (Lipinski definition) is 2. The predicted octanol–water partition coefficient (Wildman–Crippen LogP) is 4.56. The van der Waals surface area contributed by atoms with Crippen molar-refractivity contribution in [1.82, 2.24) is 0 Å². The van der Waals surface area contributed by atoms with Gasteiger partial charge in [-0.25, -0.2) is 0 Å². The van der Waals surface area contributed by atoms with E-state index in [4.69, 9.17) is 9.42 Å². The van der Waals surface area contributed by atoms with Crippen LogP contribution < -0.4 is 4.52 Å². The summed E-state index contributed by atoms with van der Waals surface area (Å²) < 4.78 is 5.30. The molecule has 18 heavy (non-hydrogen) atoms. The molecule has 0 aliphatic carbocycles. The Morgan fingerprint density at radius 2 is 1.78 bits per heavy atom. The minimum absolute atomic E-state index is 0.472. The van der Waals surface area contributed by atoms with Crippen molar-refractivity contribution in [2.45, 2.75) is 59.3 Å². The van der Waals surface area contributed by atoms with Gasteiger partial charge >= 0.3 is 0 Å². The lowest BCUT2D eigenvalue weighted by atomic mass is 9.93. The van der Waals surface area contributed by atoms with Crippen molar-refractivity contribution in [3.05, 3.63) is 28.8 Å². The van der Waals surface area contributed by atoms with Crippen LogP contribution in [-0.4, -0.2) is 4.89 Å². The number of hydrogen-bond donors (Lipinski definition) is 1. The average Bonchev–Trinajstić information content (AvgIpc) is 2.38. The third kappa shape index (κ3) is 4.26. The van der Waals surface area contributed by atoms with Gasteiger partial charge in [0.15, 0.2) is 0 Å². The molecule has 0 amide bonds. The molecule has 1 unspecified atom stereocenters. The third-order valence-electron chi connectivity index (χ3n) is 3.38. The maximum atomic E-state index is 8.93. The van der Waals surface area contributed by atoms with Crippen molar-refractivity contribution in [3.8, 4) is 5.75 Å². The molecule has 0 radical (unpaired) electrons. The van der Waals surface area contributed by atoms with Crippen LogP contribution in [0.15, 0.2) is 12.1 Å². The van der Waals surface area contributed by atoms with Crippen molar-refractivity contribution < 1.29 is 9.42 Å². The van der Waals surface area contributed by atoms with Crippen LogP contribution in [0.3, 0.4) is 0 Å². The van der Waals surface area contributed by atoms with Gasteiger partial charge in [-0.05, 0) is 55.4 Å². The first kappa shape index (κ1) is 15.5. The summed E-state index contributed by atoms with van der Waals surface area (Å²) in [6.45, 7) is 6.55. The maximum absolute atomic E-state index is 8.93. The lowest BCUT2D eigenvalue weighted by Gasteiger charge is -2.16. The molecule has 102 valence electrons. The zero-order valence-corrected chi connectivity index (χ0v) is 12.8. The SMILES string of the molecule is CCCCc1ccc(OPO)c(C)c1CCCC. The normalized spacial score (nSPS) is 11.3. The molecule has 1 atom stereocenters. The molecule has 3 heteroatoms. The highest BCUT2D eigenvalue weighted by Gasteiger charge is 2.10. The summed E-state index contributed by atoms with van der Waals surface area (Å²) in [6.07, 6.45) is 7.15. The molecule has 1 aromatic rings. The Bertz CT molecular complexity index is 364. The number of rotatable bonds is 8. The van der Waals surface area contributed by atoms with Gasteiger partial charge in [0.25, 0.3) is 0 Å². The van der Waals surface area contributed by atoms with Crippen molar-refractivity contribution in [3.63, 3.8) is 0 Å². The summed E-state index contributed by atoms with van der Waals surface area (Å²) in [5, 5.41) is 0. The molecule has 0 heterocycles.